The number of carbonyl (C=O) groups is 1. The molecule has 1 aromatic heterocycles. The van der Waals surface area contributed by atoms with E-state index in [1.165, 1.54) is 0 Å². The van der Waals surface area contributed by atoms with Gasteiger partial charge in [-0.2, -0.15) is 5.26 Å². The molecule has 5 heteroatoms. The minimum Gasteiger partial charge on any atom is -0.461 e. The number of hydrogen-bond acceptors (Lipinski definition) is 4. The summed E-state index contributed by atoms with van der Waals surface area (Å²) >= 11 is 6.17. The zero-order valence-corrected chi connectivity index (χ0v) is 13.9. The number of ether oxygens (including phenoxy) is 1. The largest absolute Gasteiger partial charge is 0.461 e. The maximum atomic E-state index is 11.9. The van der Waals surface area contributed by atoms with E-state index in [2.05, 4.69) is 4.98 Å². The van der Waals surface area contributed by atoms with Gasteiger partial charge in [0.05, 0.1) is 10.7 Å². The van der Waals surface area contributed by atoms with Gasteiger partial charge in [0.2, 0.25) is 0 Å². The van der Waals surface area contributed by atoms with Crippen LogP contribution < -0.4 is 0 Å². The van der Waals surface area contributed by atoms with Crippen LogP contribution in [-0.2, 0) is 16.1 Å². The van der Waals surface area contributed by atoms with Crippen molar-refractivity contribution in [2.45, 2.75) is 31.8 Å². The molecule has 0 unspecified atom stereocenters. The Balaban J connectivity index is 1.47. The third-order valence-electron chi connectivity index (χ3n) is 4.31. The second-order valence-corrected chi connectivity index (χ2v) is 6.47. The summed E-state index contributed by atoms with van der Waals surface area (Å²) in [4.78, 5) is 16.2. The van der Waals surface area contributed by atoms with E-state index >= 15 is 0 Å². The van der Waals surface area contributed by atoms with Crippen LogP contribution in [0.4, 0.5) is 0 Å². The Labute approximate surface area is 146 Å². The van der Waals surface area contributed by atoms with Gasteiger partial charge < -0.3 is 4.74 Å². The van der Waals surface area contributed by atoms with E-state index in [-0.39, 0.29) is 11.9 Å². The van der Waals surface area contributed by atoms with Crippen LogP contribution in [0, 0.1) is 17.2 Å². The van der Waals surface area contributed by atoms with Gasteiger partial charge in [0, 0.05) is 12.3 Å². The Kier molecular flexibility index (Phi) is 5.12. The lowest BCUT2D eigenvalue weighted by Gasteiger charge is -2.34. The lowest BCUT2D eigenvalue weighted by Crippen LogP contribution is -2.26. The van der Waals surface area contributed by atoms with E-state index < -0.39 is 0 Å². The molecule has 3 rings (SSSR count). The first kappa shape index (κ1) is 16.5. The molecule has 0 radical (unpaired) electrons. The predicted octanol–water partition coefficient (Wildman–Crippen LogP) is 4.23. The molecule has 0 amide bonds. The summed E-state index contributed by atoms with van der Waals surface area (Å²) < 4.78 is 5.31. The van der Waals surface area contributed by atoms with Crippen molar-refractivity contribution in [3.63, 3.8) is 0 Å². The zero-order chi connectivity index (χ0) is 16.9. The van der Waals surface area contributed by atoms with Crippen LogP contribution in [-0.4, -0.2) is 11.0 Å². The van der Waals surface area contributed by atoms with Crippen LogP contribution in [0.1, 0.15) is 42.1 Å². The van der Waals surface area contributed by atoms with E-state index in [4.69, 9.17) is 21.6 Å². The molecule has 2 aromatic rings. The van der Waals surface area contributed by atoms with E-state index in [0.29, 0.717) is 29.7 Å². The molecule has 4 nitrogen and oxygen atoms in total. The van der Waals surface area contributed by atoms with Gasteiger partial charge in [0.1, 0.15) is 18.4 Å². The normalized spacial score (nSPS) is 19.2. The van der Waals surface area contributed by atoms with Gasteiger partial charge in [-0.3, -0.25) is 4.79 Å². The highest BCUT2D eigenvalue weighted by Gasteiger charge is 2.34. The van der Waals surface area contributed by atoms with Crippen molar-refractivity contribution in [1.29, 1.82) is 5.26 Å². The number of nitrogens with zero attached hydrogens (tertiary/aromatic N) is 2. The molecular formula is C19H17ClN2O2. The van der Waals surface area contributed by atoms with Crippen molar-refractivity contribution in [2.24, 2.45) is 5.92 Å². The third-order valence-corrected chi connectivity index (χ3v) is 4.63. The Hall–Kier alpha value is -2.38. The van der Waals surface area contributed by atoms with E-state index in [9.17, 15) is 4.79 Å². The third kappa shape index (κ3) is 3.93. The lowest BCUT2D eigenvalue weighted by molar-refractivity contribution is -0.146. The van der Waals surface area contributed by atoms with Crippen LogP contribution >= 0.6 is 11.6 Å². The highest BCUT2D eigenvalue weighted by Crippen LogP contribution is 2.44. The molecule has 122 valence electrons. The van der Waals surface area contributed by atoms with Crippen LogP contribution in [0.2, 0.25) is 5.02 Å². The maximum Gasteiger partial charge on any atom is 0.306 e. The van der Waals surface area contributed by atoms with Gasteiger partial charge >= 0.3 is 5.97 Å². The molecular weight excluding hydrogens is 324 g/mol. The number of pyridine rings is 1. The van der Waals surface area contributed by atoms with Crippen LogP contribution in [0.15, 0.2) is 42.5 Å². The number of rotatable bonds is 5. The molecule has 1 aliphatic carbocycles. The monoisotopic (exact) mass is 340 g/mol. The quantitative estimate of drug-likeness (QED) is 0.764. The summed E-state index contributed by atoms with van der Waals surface area (Å²) in [6.07, 6.45) is 2.11. The first-order valence-corrected chi connectivity index (χ1v) is 8.29. The Morgan fingerprint density at radius 3 is 2.71 bits per heavy atom. The first-order valence-electron chi connectivity index (χ1n) is 7.92. The van der Waals surface area contributed by atoms with Crippen molar-refractivity contribution in [1.82, 2.24) is 4.98 Å². The topological polar surface area (TPSA) is 63.0 Å². The van der Waals surface area contributed by atoms with E-state index in [1.807, 2.05) is 36.4 Å². The Bertz CT molecular complexity index is 765. The number of aromatic nitrogens is 1. The number of halogens is 1. The average Bonchev–Trinajstić information content (AvgIpc) is 2.58. The summed E-state index contributed by atoms with van der Waals surface area (Å²) in [5, 5.41) is 9.52. The summed E-state index contributed by atoms with van der Waals surface area (Å²) in [6.45, 7) is 0.313. The van der Waals surface area contributed by atoms with Crippen LogP contribution in [0.3, 0.4) is 0 Å². The molecule has 1 heterocycles. The molecule has 0 spiro atoms. The second-order valence-electron chi connectivity index (χ2n) is 6.06. The minimum atomic E-state index is -0.174. The van der Waals surface area contributed by atoms with Gasteiger partial charge in [-0.25, -0.2) is 4.98 Å². The number of carbonyl (C=O) groups excluding carboxylic acids is 1. The SMILES string of the molecule is N#Cc1ccc(Cl)c(C2CC(CC(=O)OCc3ccccc3)C2)n1. The molecule has 0 aliphatic heterocycles. The lowest BCUT2D eigenvalue weighted by atomic mass is 9.71. The molecule has 24 heavy (non-hydrogen) atoms. The minimum absolute atomic E-state index is 0.174. The predicted molar refractivity (Wildman–Crippen MR) is 90.3 cm³/mol. The fourth-order valence-corrected chi connectivity index (χ4v) is 3.22. The second kappa shape index (κ2) is 7.46. The van der Waals surface area contributed by atoms with Gasteiger partial charge in [-0.1, -0.05) is 41.9 Å². The van der Waals surface area contributed by atoms with E-state index in [1.54, 1.807) is 12.1 Å². The molecule has 1 fully saturated rings. The molecule has 1 saturated carbocycles. The van der Waals surface area contributed by atoms with Crippen molar-refractivity contribution in [3.8, 4) is 6.07 Å². The summed E-state index contributed by atoms with van der Waals surface area (Å²) in [7, 11) is 0. The average molecular weight is 341 g/mol. The van der Waals surface area contributed by atoms with Crippen LogP contribution in [0.25, 0.3) is 0 Å². The molecule has 1 aromatic carbocycles. The van der Waals surface area contributed by atoms with Gasteiger partial charge in [0.15, 0.2) is 0 Å². The standard InChI is InChI=1S/C19H17ClN2O2/c20-17-7-6-16(11-21)22-19(17)15-8-14(9-15)10-18(23)24-12-13-4-2-1-3-5-13/h1-7,14-15H,8-10,12H2. The Morgan fingerprint density at radius 2 is 2.00 bits per heavy atom. The fraction of sp³-hybridized carbons (Fsp3) is 0.316. The fourth-order valence-electron chi connectivity index (χ4n) is 2.96. The van der Waals surface area contributed by atoms with Gasteiger partial charge in [-0.05, 0) is 36.5 Å². The Morgan fingerprint density at radius 1 is 1.25 bits per heavy atom. The van der Waals surface area contributed by atoms with Crippen molar-refractivity contribution in [2.75, 3.05) is 0 Å². The highest BCUT2D eigenvalue weighted by molar-refractivity contribution is 6.31. The number of nitriles is 1. The summed E-state index contributed by atoms with van der Waals surface area (Å²) in [5.74, 6) is 0.340. The molecule has 0 N–H and O–H groups in total. The van der Waals surface area contributed by atoms with Crippen molar-refractivity contribution < 1.29 is 9.53 Å². The van der Waals surface area contributed by atoms with Crippen molar-refractivity contribution >= 4 is 17.6 Å². The molecule has 0 atom stereocenters. The molecule has 0 bridgehead atoms. The van der Waals surface area contributed by atoms with Gasteiger partial charge in [0.25, 0.3) is 0 Å². The maximum absolute atomic E-state index is 11.9. The number of hydrogen-bond donors (Lipinski definition) is 0. The van der Waals surface area contributed by atoms with E-state index in [0.717, 1.165) is 24.1 Å². The smallest absolute Gasteiger partial charge is 0.306 e. The van der Waals surface area contributed by atoms with Crippen LogP contribution in [0.5, 0.6) is 0 Å². The summed E-state index contributed by atoms with van der Waals surface area (Å²) in [5.41, 5.74) is 2.13. The van der Waals surface area contributed by atoms with Gasteiger partial charge in [-0.15, -0.1) is 0 Å². The summed E-state index contributed by atoms with van der Waals surface area (Å²) in [6, 6.07) is 15.0. The molecule has 0 saturated heterocycles. The highest BCUT2D eigenvalue weighted by atomic mass is 35.5. The zero-order valence-electron chi connectivity index (χ0n) is 13.1. The first-order chi connectivity index (χ1) is 11.7. The molecule has 1 aliphatic rings. The van der Waals surface area contributed by atoms with Crippen molar-refractivity contribution in [3.05, 3.63) is 64.4 Å². The number of esters is 1. The number of benzene rings is 1.